The fourth-order valence-corrected chi connectivity index (χ4v) is 1.69. The van der Waals surface area contributed by atoms with Crippen molar-refractivity contribution in [3.05, 3.63) is 35.4 Å². The zero-order valence-electron chi connectivity index (χ0n) is 9.83. The maximum Gasteiger partial charge on any atom is 0.139 e. The topological polar surface area (TPSA) is 20.2 Å². The summed E-state index contributed by atoms with van der Waals surface area (Å²) < 4.78 is 0. The summed E-state index contributed by atoms with van der Waals surface area (Å²) in [6.45, 7) is 8.54. The van der Waals surface area contributed by atoms with E-state index in [1.807, 2.05) is 31.2 Å². The Kier molecular flexibility index (Phi) is 3.73. The molecule has 15 heavy (non-hydrogen) atoms. The summed E-state index contributed by atoms with van der Waals surface area (Å²) in [6, 6.07) is 7.85. The Bertz CT molecular complexity index is 376. The zero-order valence-corrected chi connectivity index (χ0v) is 10.8. The average molecular weight is 218 g/mol. The highest BCUT2D eigenvalue weighted by Gasteiger charge is 2.09. The molecule has 0 amide bonds. The van der Waals surface area contributed by atoms with Crippen LogP contribution in [0.5, 0.6) is 0 Å². The quantitative estimate of drug-likeness (QED) is 0.567. The summed E-state index contributed by atoms with van der Waals surface area (Å²) in [4.78, 5) is 0. The van der Waals surface area contributed by atoms with Crippen LogP contribution in [0.15, 0.2) is 24.3 Å². The molecule has 0 saturated carbocycles. The molecule has 0 aliphatic carbocycles. The zero-order chi connectivity index (χ0) is 11.5. The molecular formula is C13H18OSi. The molecule has 1 N–H and O–H groups in total. The van der Waals surface area contributed by atoms with Crippen molar-refractivity contribution in [1.29, 1.82) is 0 Å². The highest BCUT2D eigenvalue weighted by molar-refractivity contribution is 6.83. The Morgan fingerprint density at radius 1 is 1.13 bits per heavy atom. The molecule has 1 nitrogen and oxygen atoms in total. The van der Waals surface area contributed by atoms with Crippen LogP contribution in [0.1, 0.15) is 17.2 Å². The van der Waals surface area contributed by atoms with E-state index in [0.29, 0.717) is 0 Å². The number of hydrogen-bond donors (Lipinski definition) is 1. The van der Waals surface area contributed by atoms with Gasteiger partial charge in [-0.1, -0.05) is 55.4 Å². The first-order valence-electron chi connectivity index (χ1n) is 5.16. The fourth-order valence-electron chi connectivity index (χ4n) is 1.12. The first-order chi connectivity index (χ1) is 6.88. The van der Waals surface area contributed by atoms with E-state index in [2.05, 4.69) is 31.1 Å². The molecule has 1 aromatic carbocycles. The van der Waals surface area contributed by atoms with Crippen LogP contribution in [-0.2, 0) is 0 Å². The van der Waals surface area contributed by atoms with Crippen LogP contribution in [-0.4, -0.2) is 13.2 Å². The minimum Gasteiger partial charge on any atom is -0.376 e. The molecule has 1 aromatic rings. The van der Waals surface area contributed by atoms with E-state index in [4.69, 9.17) is 0 Å². The molecule has 0 aliphatic heterocycles. The Balaban J connectivity index is 2.80. The Morgan fingerprint density at radius 2 is 1.67 bits per heavy atom. The smallest absolute Gasteiger partial charge is 0.139 e. The predicted octanol–water partition coefficient (Wildman–Crippen LogP) is 2.91. The molecule has 1 atom stereocenters. The van der Waals surface area contributed by atoms with E-state index in [9.17, 15) is 5.11 Å². The molecule has 80 valence electrons. The molecule has 2 heteroatoms. The number of aliphatic hydroxyl groups is 1. The molecule has 0 aliphatic rings. The standard InChI is InChI=1S/C13H18OSi/c1-11-5-7-12(8-6-11)13(14)9-10-15(2,3)4/h5-8,13-14H,1-4H3. The summed E-state index contributed by atoms with van der Waals surface area (Å²) >= 11 is 0. The van der Waals surface area contributed by atoms with Crippen molar-refractivity contribution in [3.63, 3.8) is 0 Å². The molecule has 0 aromatic heterocycles. The summed E-state index contributed by atoms with van der Waals surface area (Å²) in [5.74, 6) is 2.93. The van der Waals surface area contributed by atoms with E-state index in [1.165, 1.54) is 5.56 Å². The summed E-state index contributed by atoms with van der Waals surface area (Å²) in [5.41, 5.74) is 5.25. The molecule has 1 rings (SSSR count). The van der Waals surface area contributed by atoms with Crippen molar-refractivity contribution in [3.8, 4) is 11.5 Å². The first kappa shape index (κ1) is 12.0. The lowest BCUT2D eigenvalue weighted by Crippen LogP contribution is -2.16. The second kappa shape index (κ2) is 4.65. The SMILES string of the molecule is Cc1ccc(C(O)C#C[Si](C)(C)C)cc1. The molecule has 1 unspecified atom stereocenters. The first-order valence-corrected chi connectivity index (χ1v) is 8.66. The lowest BCUT2D eigenvalue weighted by atomic mass is 10.1. The minimum absolute atomic E-state index is 0.641. The van der Waals surface area contributed by atoms with Gasteiger partial charge in [-0.05, 0) is 12.5 Å². The number of rotatable bonds is 1. The van der Waals surface area contributed by atoms with Crippen LogP contribution >= 0.6 is 0 Å². The molecular weight excluding hydrogens is 200 g/mol. The van der Waals surface area contributed by atoms with Gasteiger partial charge in [-0.3, -0.25) is 0 Å². The summed E-state index contributed by atoms with van der Waals surface area (Å²) in [6.07, 6.45) is -0.641. The van der Waals surface area contributed by atoms with Gasteiger partial charge >= 0.3 is 0 Å². The van der Waals surface area contributed by atoms with E-state index >= 15 is 0 Å². The molecule has 0 saturated heterocycles. The molecule has 0 bridgehead atoms. The molecule has 0 heterocycles. The number of aryl methyl sites for hydroxylation is 1. The molecule has 0 fully saturated rings. The van der Waals surface area contributed by atoms with Gasteiger partial charge in [-0.15, -0.1) is 5.54 Å². The Morgan fingerprint density at radius 3 is 2.13 bits per heavy atom. The fraction of sp³-hybridized carbons (Fsp3) is 0.385. The highest BCUT2D eigenvalue weighted by Crippen LogP contribution is 2.12. The van der Waals surface area contributed by atoms with Crippen molar-refractivity contribution < 1.29 is 5.11 Å². The van der Waals surface area contributed by atoms with E-state index in [0.717, 1.165) is 5.56 Å². The van der Waals surface area contributed by atoms with E-state index in [1.54, 1.807) is 0 Å². The van der Waals surface area contributed by atoms with Crippen LogP contribution in [0, 0.1) is 18.4 Å². The van der Waals surface area contributed by atoms with Crippen molar-refractivity contribution in [2.45, 2.75) is 32.7 Å². The average Bonchev–Trinajstić information content (AvgIpc) is 2.14. The van der Waals surface area contributed by atoms with Gasteiger partial charge in [-0.25, -0.2) is 0 Å². The molecule has 0 spiro atoms. The van der Waals surface area contributed by atoms with E-state index < -0.39 is 14.2 Å². The van der Waals surface area contributed by atoms with Crippen LogP contribution < -0.4 is 0 Å². The Hall–Kier alpha value is -1.04. The molecule has 0 radical (unpaired) electrons. The van der Waals surface area contributed by atoms with Gasteiger partial charge in [0.1, 0.15) is 14.2 Å². The van der Waals surface area contributed by atoms with Crippen LogP contribution in [0.4, 0.5) is 0 Å². The highest BCUT2D eigenvalue weighted by atomic mass is 28.3. The monoisotopic (exact) mass is 218 g/mol. The van der Waals surface area contributed by atoms with Gasteiger partial charge in [0.2, 0.25) is 0 Å². The third-order valence-electron chi connectivity index (χ3n) is 1.98. The third-order valence-corrected chi connectivity index (χ3v) is 2.87. The largest absolute Gasteiger partial charge is 0.376 e. The van der Waals surface area contributed by atoms with Gasteiger partial charge in [-0.2, -0.15) is 0 Å². The number of hydrogen-bond acceptors (Lipinski definition) is 1. The van der Waals surface area contributed by atoms with Gasteiger partial charge in [0.05, 0.1) is 0 Å². The van der Waals surface area contributed by atoms with E-state index in [-0.39, 0.29) is 0 Å². The maximum absolute atomic E-state index is 9.82. The predicted molar refractivity (Wildman–Crippen MR) is 67.3 cm³/mol. The minimum atomic E-state index is -1.38. The van der Waals surface area contributed by atoms with Crippen molar-refractivity contribution >= 4 is 8.07 Å². The Labute approximate surface area is 93.2 Å². The number of aliphatic hydroxyl groups excluding tert-OH is 1. The van der Waals surface area contributed by atoms with Gasteiger partial charge in [0, 0.05) is 0 Å². The second-order valence-corrected chi connectivity index (χ2v) is 9.58. The second-order valence-electron chi connectivity index (χ2n) is 4.83. The van der Waals surface area contributed by atoms with Crippen molar-refractivity contribution in [1.82, 2.24) is 0 Å². The van der Waals surface area contributed by atoms with Crippen molar-refractivity contribution in [2.75, 3.05) is 0 Å². The van der Waals surface area contributed by atoms with Crippen LogP contribution in [0.2, 0.25) is 19.6 Å². The van der Waals surface area contributed by atoms with Gasteiger partial charge in [0.25, 0.3) is 0 Å². The third kappa shape index (κ3) is 4.33. The number of benzene rings is 1. The van der Waals surface area contributed by atoms with Gasteiger partial charge in [0.15, 0.2) is 0 Å². The summed E-state index contributed by atoms with van der Waals surface area (Å²) in [7, 11) is -1.38. The van der Waals surface area contributed by atoms with Gasteiger partial charge < -0.3 is 5.11 Å². The lowest BCUT2D eigenvalue weighted by Gasteiger charge is -2.07. The van der Waals surface area contributed by atoms with Crippen LogP contribution in [0.25, 0.3) is 0 Å². The van der Waals surface area contributed by atoms with Crippen molar-refractivity contribution in [2.24, 2.45) is 0 Å². The maximum atomic E-state index is 9.82. The normalized spacial score (nSPS) is 12.9. The lowest BCUT2D eigenvalue weighted by molar-refractivity contribution is 0.238. The van der Waals surface area contributed by atoms with Crippen LogP contribution in [0.3, 0.4) is 0 Å². The summed E-state index contributed by atoms with van der Waals surface area (Å²) in [5, 5.41) is 9.82.